The number of thiophene rings is 1. The second-order valence-corrected chi connectivity index (χ2v) is 6.01. The topological polar surface area (TPSA) is 55.1 Å². The second kappa shape index (κ2) is 5.65. The molecule has 1 fully saturated rings. The summed E-state index contributed by atoms with van der Waals surface area (Å²) in [6, 6.07) is 3.96. The summed E-state index contributed by atoms with van der Waals surface area (Å²) in [6.07, 6.45) is 4.22. The molecule has 0 spiro atoms. The van der Waals surface area contributed by atoms with E-state index < -0.39 is 0 Å². The van der Waals surface area contributed by atoms with Gasteiger partial charge in [-0.1, -0.05) is 18.9 Å². The van der Waals surface area contributed by atoms with Crippen molar-refractivity contribution in [2.75, 3.05) is 0 Å². The van der Waals surface area contributed by atoms with E-state index in [1.54, 1.807) is 11.3 Å². The first-order valence-electron chi connectivity index (χ1n) is 6.23. The SMILES string of the molecule is CC(Cc1cccs1)NC(=O)[C@@H](N)CC1CC1. The Hall–Kier alpha value is -0.870. The molecule has 0 bridgehead atoms. The fourth-order valence-electron chi connectivity index (χ4n) is 1.95. The third kappa shape index (κ3) is 4.13. The molecule has 1 aromatic heterocycles. The van der Waals surface area contributed by atoms with Crippen molar-refractivity contribution >= 4 is 17.2 Å². The Morgan fingerprint density at radius 1 is 1.65 bits per heavy atom. The highest BCUT2D eigenvalue weighted by Gasteiger charge is 2.27. The molecule has 2 rings (SSSR count). The van der Waals surface area contributed by atoms with E-state index in [0.717, 1.165) is 12.8 Å². The first kappa shape index (κ1) is 12.6. The zero-order valence-electron chi connectivity index (χ0n) is 10.2. The first-order chi connectivity index (χ1) is 8.15. The summed E-state index contributed by atoms with van der Waals surface area (Å²) in [5.74, 6) is 0.698. The second-order valence-electron chi connectivity index (χ2n) is 4.98. The van der Waals surface area contributed by atoms with Crippen molar-refractivity contribution in [3.8, 4) is 0 Å². The van der Waals surface area contributed by atoms with E-state index in [1.165, 1.54) is 17.7 Å². The van der Waals surface area contributed by atoms with E-state index in [-0.39, 0.29) is 18.0 Å². The number of nitrogens with two attached hydrogens (primary N) is 1. The standard InChI is InChI=1S/C13H20N2OS/c1-9(7-11-3-2-6-17-11)15-13(16)12(14)8-10-4-5-10/h2-3,6,9-10,12H,4-5,7-8,14H2,1H3,(H,15,16)/t9?,12-/m0/s1. The number of carbonyl (C=O) groups excluding carboxylic acids is 1. The number of carbonyl (C=O) groups is 1. The van der Waals surface area contributed by atoms with Crippen LogP contribution in [0.5, 0.6) is 0 Å². The Bertz CT molecular complexity index is 360. The molecule has 1 unspecified atom stereocenters. The van der Waals surface area contributed by atoms with E-state index in [4.69, 9.17) is 5.73 Å². The lowest BCUT2D eigenvalue weighted by Crippen LogP contribution is -2.45. The number of hydrogen-bond acceptors (Lipinski definition) is 3. The highest BCUT2D eigenvalue weighted by atomic mass is 32.1. The first-order valence-corrected chi connectivity index (χ1v) is 7.11. The quantitative estimate of drug-likeness (QED) is 0.812. The fourth-order valence-corrected chi connectivity index (χ4v) is 2.79. The van der Waals surface area contributed by atoms with Crippen molar-refractivity contribution in [3.63, 3.8) is 0 Å². The van der Waals surface area contributed by atoms with Gasteiger partial charge in [-0.3, -0.25) is 4.79 Å². The van der Waals surface area contributed by atoms with Gasteiger partial charge in [-0.15, -0.1) is 11.3 Å². The minimum absolute atomic E-state index is 0.000885. The van der Waals surface area contributed by atoms with E-state index in [0.29, 0.717) is 5.92 Å². The van der Waals surface area contributed by atoms with E-state index in [1.807, 2.05) is 13.0 Å². The molecule has 1 aromatic rings. The van der Waals surface area contributed by atoms with Crippen LogP contribution in [0.25, 0.3) is 0 Å². The molecule has 1 aliphatic rings. The van der Waals surface area contributed by atoms with Crippen molar-refractivity contribution in [1.82, 2.24) is 5.32 Å². The Morgan fingerprint density at radius 2 is 2.41 bits per heavy atom. The average molecular weight is 252 g/mol. The Morgan fingerprint density at radius 3 is 3.00 bits per heavy atom. The lowest BCUT2D eigenvalue weighted by atomic mass is 10.1. The van der Waals surface area contributed by atoms with Gasteiger partial charge in [-0.2, -0.15) is 0 Å². The van der Waals surface area contributed by atoms with Crippen LogP contribution in [0.3, 0.4) is 0 Å². The van der Waals surface area contributed by atoms with Crippen molar-refractivity contribution in [2.45, 2.75) is 44.7 Å². The van der Waals surface area contributed by atoms with Gasteiger partial charge in [-0.05, 0) is 30.7 Å². The van der Waals surface area contributed by atoms with Gasteiger partial charge in [-0.25, -0.2) is 0 Å². The molecule has 0 aromatic carbocycles. The monoisotopic (exact) mass is 252 g/mol. The Labute approximate surface area is 106 Å². The van der Waals surface area contributed by atoms with E-state index >= 15 is 0 Å². The Balaban J connectivity index is 1.73. The van der Waals surface area contributed by atoms with Crippen LogP contribution in [0.1, 0.15) is 31.1 Å². The van der Waals surface area contributed by atoms with Crippen LogP contribution in [-0.2, 0) is 11.2 Å². The summed E-state index contributed by atoms with van der Waals surface area (Å²) in [5.41, 5.74) is 5.87. The van der Waals surface area contributed by atoms with Crippen molar-refractivity contribution in [1.29, 1.82) is 0 Å². The van der Waals surface area contributed by atoms with Crippen LogP contribution >= 0.6 is 11.3 Å². The summed E-state index contributed by atoms with van der Waals surface area (Å²) in [4.78, 5) is 13.1. The maximum atomic E-state index is 11.8. The van der Waals surface area contributed by atoms with Gasteiger partial charge in [0, 0.05) is 17.3 Å². The molecule has 4 heteroatoms. The lowest BCUT2D eigenvalue weighted by Gasteiger charge is -2.16. The molecular formula is C13H20N2OS. The average Bonchev–Trinajstić information content (AvgIpc) is 2.93. The maximum Gasteiger partial charge on any atom is 0.237 e. The predicted octanol–water partition coefficient (Wildman–Crippen LogP) is 1.92. The molecule has 3 nitrogen and oxygen atoms in total. The molecule has 2 atom stereocenters. The number of rotatable bonds is 6. The van der Waals surface area contributed by atoms with Crippen LogP contribution in [0, 0.1) is 5.92 Å². The molecule has 1 aliphatic carbocycles. The molecule has 0 radical (unpaired) electrons. The molecule has 1 heterocycles. The van der Waals surface area contributed by atoms with Gasteiger partial charge in [0.1, 0.15) is 0 Å². The highest BCUT2D eigenvalue weighted by molar-refractivity contribution is 7.09. The lowest BCUT2D eigenvalue weighted by molar-refractivity contribution is -0.123. The molecule has 3 N–H and O–H groups in total. The van der Waals surface area contributed by atoms with Crippen LogP contribution in [0.15, 0.2) is 17.5 Å². The summed E-state index contributed by atoms with van der Waals surface area (Å²) >= 11 is 1.72. The molecule has 1 amide bonds. The summed E-state index contributed by atoms with van der Waals surface area (Å²) in [7, 11) is 0. The van der Waals surface area contributed by atoms with Crippen LogP contribution in [0.4, 0.5) is 0 Å². The zero-order valence-corrected chi connectivity index (χ0v) is 11.0. The summed E-state index contributed by atoms with van der Waals surface area (Å²) in [5, 5.41) is 5.05. The van der Waals surface area contributed by atoms with Gasteiger partial charge in [0.2, 0.25) is 5.91 Å². The molecule has 94 valence electrons. The fraction of sp³-hybridized carbons (Fsp3) is 0.615. The van der Waals surface area contributed by atoms with E-state index in [2.05, 4.69) is 16.8 Å². The minimum Gasteiger partial charge on any atom is -0.352 e. The van der Waals surface area contributed by atoms with Crippen LogP contribution < -0.4 is 11.1 Å². The molecule has 1 saturated carbocycles. The van der Waals surface area contributed by atoms with Gasteiger partial charge in [0.25, 0.3) is 0 Å². The minimum atomic E-state index is -0.326. The number of hydrogen-bond donors (Lipinski definition) is 2. The normalized spacial score (nSPS) is 18.7. The van der Waals surface area contributed by atoms with Gasteiger partial charge in [0.05, 0.1) is 6.04 Å². The van der Waals surface area contributed by atoms with Crippen LogP contribution in [0.2, 0.25) is 0 Å². The molecule has 0 aliphatic heterocycles. The highest BCUT2D eigenvalue weighted by Crippen LogP contribution is 2.33. The van der Waals surface area contributed by atoms with Crippen molar-refractivity contribution in [2.24, 2.45) is 11.7 Å². The smallest absolute Gasteiger partial charge is 0.237 e. The molecule has 0 saturated heterocycles. The maximum absolute atomic E-state index is 11.8. The number of amides is 1. The van der Waals surface area contributed by atoms with Crippen LogP contribution in [-0.4, -0.2) is 18.0 Å². The molecular weight excluding hydrogens is 232 g/mol. The largest absolute Gasteiger partial charge is 0.352 e. The van der Waals surface area contributed by atoms with Crippen molar-refractivity contribution in [3.05, 3.63) is 22.4 Å². The van der Waals surface area contributed by atoms with Gasteiger partial charge in [0.15, 0.2) is 0 Å². The van der Waals surface area contributed by atoms with Crippen molar-refractivity contribution < 1.29 is 4.79 Å². The predicted molar refractivity (Wildman–Crippen MR) is 70.9 cm³/mol. The summed E-state index contributed by atoms with van der Waals surface area (Å²) < 4.78 is 0. The van der Waals surface area contributed by atoms with Gasteiger partial charge < -0.3 is 11.1 Å². The van der Waals surface area contributed by atoms with E-state index in [9.17, 15) is 4.79 Å². The number of nitrogens with one attached hydrogen (secondary N) is 1. The molecule has 17 heavy (non-hydrogen) atoms. The zero-order chi connectivity index (χ0) is 12.3. The van der Waals surface area contributed by atoms with Gasteiger partial charge >= 0.3 is 0 Å². The summed E-state index contributed by atoms with van der Waals surface area (Å²) in [6.45, 7) is 2.03. The third-order valence-electron chi connectivity index (χ3n) is 3.10. The third-order valence-corrected chi connectivity index (χ3v) is 4.00. The Kier molecular flexibility index (Phi) is 4.18.